The molecule has 0 aliphatic rings. The Morgan fingerprint density at radius 2 is 2.00 bits per heavy atom. The number of rotatable bonds is 7. The molecule has 0 aromatic rings. The van der Waals surface area contributed by atoms with Crippen molar-refractivity contribution in [2.75, 3.05) is 12.0 Å². The van der Waals surface area contributed by atoms with Crippen LogP contribution in [0.1, 0.15) is 26.7 Å². The van der Waals surface area contributed by atoms with Crippen molar-refractivity contribution in [3.05, 3.63) is 0 Å². The predicted molar refractivity (Wildman–Crippen MR) is 62.0 cm³/mol. The largest absolute Gasteiger partial charge is 0.480 e. The van der Waals surface area contributed by atoms with E-state index in [1.807, 2.05) is 6.26 Å². The number of aliphatic carboxylic acids is 1. The average molecular weight is 233 g/mol. The minimum atomic E-state index is -0.969. The summed E-state index contributed by atoms with van der Waals surface area (Å²) in [5, 5.41) is 11.4. The van der Waals surface area contributed by atoms with Gasteiger partial charge in [-0.2, -0.15) is 11.8 Å². The van der Waals surface area contributed by atoms with E-state index in [0.717, 1.165) is 12.2 Å². The van der Waals surface area contributed by atoms with Gasteiger partial charge < -0.3 is 10.4 Å². The number of hydrogen-bond donors (Lipinski definition) is 2. The summed E-state index contributed by atoms with van der Waals surface area (Å²) in [5.41, 5.74) is 0. The number of hydrogen-bond acceptors (Lipinski definition) is 3. The number of nitrogens with one attached hydrogen (secondary N) is 1. The molecule has 1 amide bonds. The van der Waals surface area contributed by atoms with Crippen molar-refractivity contribution in [1.29, 1.82) is 0 Å². The van der Waals surface area contributed by atoms with Crippen molar-refractivity contribution in [1.82, 2.24) is 5.32 Å². The first kappa shape index (κ1) is 14.3. The fraction of sp³-hybridized carbons (Fsp3) is 0.800. The third-order valence-corrected chi connectivity index (χ3v) is 2.70. The quantitative estimate of drug-likeness (QED) is 0.651. The maximum Gasteiger partial charge on any atom is 0.326 e. The Morgan fingerprint density at radius 1 is 1.40 bits per heavy atom. The maximum atomic E-state index is 11.4. The molecule has 0 radical (unpaired) electrons. The van der Waals surface area contributed by atoms with Crippen LogP contribution in [0.15, 0.2) is 0 Å². The molecular formula is C10H19NO3S. The summed E-state index contributed by atoms with van der Waals surface area (Å²) >= 11 is 1.68. The van der Waals surface area contributed by atoms with E-state index in [2.05, 4.69) is 5.32 Å². The second-order valence-electron chi connectivity index (χ2n) is 3.72. The van der Waals surface area contributed by atoms with Crippen LogP contribution in [0.3, 0.4) is 0 Å². The van der Waals surface area contributed by atoms with Gasteiger partial charge in [0, 0.05) is 6.42 Å². The molecule has 5 heteroatoms. The zero-order valence-electron chi connectivity index (χ0n) is 9.45. The molecule has 1 atom stereocenters. The van der Waals surface area contributed by atoms with Gasteiger partial charge in [0.15, 0.2) is 0 Å². The first-order valence-electron chi connectivity index (χ1n) is 5.00. The van der Waals surface area contributed by atoms with E-state index in [-0.39, 0.29) is 11.8 Å². The smallest absolute Gasteiger partial charge is 0.326 e. The van der Waals surface area contributed by atoms with Gasteiger partial charge in [0.2, 0.25) is 5.91 Å². The molecule has 0 aliphatic carbocycles. The molecule has 0 aromatic heterocycles. The molecule has 0 saturated heterocycles. The molecule has 0 spiro atoms. The molecule has 2 N–H and O–H groups in total. The maximum absolute atomic E-state index is 11.4. The van der Waals surface area contributed by atoms with E-state index < -0.39 is 12.0 Å². The molecule has 0 bridgehead atoms. The van der Waals surface area contributed by atoms with Gasteiger partial charge >= 0.3 is 5.97 Å². The molecule has 0 unspecified atom stereocenters. The van der Waals surface area contributed by atoms with Gasteiger partial charge in [0.05, 0.1) is 0 Å². The van der Waals surface area contributed by atoms with Gasteiger partial charge in [-0.05, 0) is 24.3 Å². The van der Waals surface area contributed by atoms with Crippen molar-refractivity contribution in [2.45, 2.75) is 32.7 Å². The second-order valence-corrected chi connectivity index (χ2v) is 4.71. The fourth-order valence-electron chi connectivity index (χ4n) is 1.14. The van der Waals surface area contributed by atoms with Crippen LogP contribution in [0.5, 0.6) is 0 Å². The minimum Gasteiger partial charge on any atom is -0.480 e. The van der Waals surface area contributed by atoms with Crippen molar-refractivity contribution in [2.24, 2.45) is 5.92 Å². The van der Waals surface area contributed by atoms with E-state index in [4.69, 9.17) is 5.11 Å². The van der Waals surface area contributed by atoms with Gasteiger partial charge in [0.25, 0.3) is 0 Å². The summed E-state index contributed by atoms with van der Waals surface area (Å²) in [6, 6.07) is -0.772. The van der Waals surface area contributed by atoms with Crippen LogP contribution < -0.4 is 5.32 Å². The molecule has 88 valence electrons. The van der Waals surface area contributed by atoms with Crippen molar-refractivity contribution >= 4 is 23.6 Å². The van der Waals surface area contributed by atoms with Crippen molar-refractivity contribution in [3.8, 4) is 0 Å². The lowest BCUT2D eigenvalue weighted by molar-refractivity contribution is -0.143. The predicted octanol–water partition coefficient (Wildman–Crippen LogP) is 1.35. The molecule has 0 aliphatic heterocycles. The highest BCUT2D eigenvalue weighted by molar-refractivity contribution is 7.98. The highest BCUT2D eigenvalue weighted by Gasteiger charge is 2.22. The Hall–Kier alpha value is -0.710. The van der Waals surface area contributed by atoms with Crippen LogP contribution in [0.25, 0.3) is 0 Å². The molecule has 15 heavy (non-hydrogen) atoms. The lowest BCUT2D eigenvalue weighted by atomic mass is 10.0. The Kier molecular flexibility index (Phi) is 7.21. The van der Waals surface area contributed by atoms with Crippen LogP contribution in [0.2, 0.25) is 0 Å². The van der Waals surface area contributed by atoms with Gasteiger partial charge in [-0.15, -0.1) is 0 Å². The SMILES string of the molecule is CSCCCC(=O)N[C@H](C(=O)O)C(C)C. The first-order valence-corrected chi connectivity index (χ1v) is 6.39. The van der Waals surface area contributed by atoms with Gasteiger partial charge in [0.1, 0.15) is 6.04 Å². The lowest BCUT2D eigenvalue weighted by Crippen LogP contribution is -2.44. The normalized spacial score (nSPS) is 12.5. The first-order chi connectivity index (χ1) is 6.99. The van der Waals surface area contributed by atoms with Crippen LogP contribution in [0.4, 0.5) is 0 Å². The third kappa shape index (κ3) is 6.38. The third-order valence-electron chi connectivity index (χ3n) is 2.00. The number of thioether (sulfide) groups is 1. The van der Waals surface area contributed by atoms with Crippen LogP contribution in [-0.2, 0) is 9.59 Å². The van der Waals surface area contributed by atoms with E-state index in [9.17, 15) is 9.59 Å². The Balaban J connectivity index is 3.95. The summed E-state index contributed by atoms with van der Waals surface area (Å²) < 4.78 is 0. The molecule has 0 heterocycles. The molecule has 0 fully saturated rings. The summed E-state index contributed by atoms with van der Waals surface area (Å²) in [5.74, 6) is -0.312. The van der Waals surface area contributed by atoms with Gasteiger partial charge in [-0.3, -0.25) is 4.79 Å². The number of carboxylic acids is 1. The molecule has 0 saturated carbocycles. The fourth-order valence-corrected chi connectivity index (χ4v) is 1.57. The Morgan fingerprint density at radius 3 is 2.40 bits per heavy atom. The number of amides is 1. The standard InChI is InChI=1S/C10H19NO3S/c1-7(2)9(10(13)14)11-8(12)5-4-6-15-3/h7,9H,4-6H2,1-3H3,(H,11,12)(H,13,14)/t9-/m0/s1. The van der Waals surface area contributed by atoms with Crippen molar-refractivity contribution < 1.29 is 14.7 Å². The summed E-state index contributed by atoms with van der Waals surface area (Å²) in [6.07, 6.45) is 3.17. The zero-order chi connectivity index (χ0) is 11.8. The monoisotopic (exact) mass is 233 g/mol. The summed E-state index contributed by atoms with van der Waals surface area (Å²) in [4.78, 5) is 22.1. The van der Waals surface area contributed by atoms with E-state index in [0.29, 0.717) is 6.42 Å². The lowest BCUT2D eigenvalue weighted by Gasteiger charge is -2.17. The van der Waals surface area contributed by atoms with Crippen LogP contribution in [0, 0.1) is 5.92 Å². The van der Waals surface area contributed by atoms with Gasteiger partial charge in [-0.1, -0.05) is 13.8 Å². The van der Waals surface area contributed by atoms with Crippen LogP contribution in [-0.4, -0.2) is 35.0 Å². The Bertz CT molecular complexity index is 219. The van der Waals surface area contributed by atoms with Gasteiger partial charge in [-0.25, -0.2) is 4.79 Å². The van der Waals surface area contributed by atoms with E-state index >= 15 is 0 Å². The van der Waals surface area contributed by atoms with Crippen LogP contribution >= 0.6 is 11.8 Å². The second kappa shape index (κ2) is 7.56. The number of carboxylic acid groups (broad SMARTS) is 1. The van der Waals surface area contributed by atoms with Crippen molar-refractivity contribution in [3.63, 3.8) is 0 Å². The topological polar surface area (TPSA) is 66.4 Å². The Labute approximate surface area is 94.8 Å². The molecule has 0 rings (SSSR count). The highest BCUT2D eigenvalue weighted by Crippen LogP contribution is 2.04. The number of carbonyl (C=O) groups excluding carboxylic acids is 1. The summed E-state index contributed by atoms with van der Waals surface area (Å²) in [7, 11) is 0. The minimum absolute atomic E-state index is 0.0907. The zero-order valence-corrected chi connectivity index (χ0v) is 10.3. The molecule has 4 nitrogen and oxygen atoms in total. The summed E-state index contributed by atoms with van der Waals surface area (Å²) in [6.45, 7) is 3.56. The number of carbonyl (C=O) groups is 2. The average Bonchev–Trinajstić information content (AvgIpc) is 2.13. The van der Waals surface area contributed by atoms with E-state index in [1.165, 1.54) is 0 Å². The molecule has 0 aromatic carbocycles. The molecular weight excluding hydrogens is 214 g/mol. The van der Waals surface area contributed by atoms with E-state index in [1.54, 1.807) is 25.6 Å². The highest BCUT2D eigenvalue weighted by atomic mass is 32.2.